The maximum Gasteiger partial charge on any atom is 0.414 e. The van der Waals surface area contributed by atoms with Gasteiger partial charge in [0.25, 0.3) is 0 Å². The second-order valence-corrected chi connectivity index (χ2v) is 7.85. The summed E-state index contributed by atoms with van der Waals surface area (Å²) in [5, 5.41) is 14.2. The molecule has 2 aromatic rings. The number of carbonyl (C=O) groups excluding carboxylic acids is 3. The molecule has 0 aliphatic carbocycles. The third-order valence-electron chi connectivity index (χ3n) is 5.48. The van der Waals surface area contributed by atoms with Crippen molar-refractivity contribution in [1.29, 1.82) is 0 Å². The van der Waals surface area contributed by atoms with Gasteiger partial charge >= 0.3 is 6.09 Å². The van der Waals surface area contributed by atoms with Crippen molar-refractivity contribution in [1.82, 2.24) is 5.32 Å². The molecule has 0 spiro atoms. The zero-order chi connectivity index (χ0) is 23.9. The number of ether oxygens (including phenoxy) is 1. The third kappa shape index (κ3) is 5.69. The quantitative estimate of drug-likeness (QED) is 0.284. The van der Waals surface area contributed by atoms with Gasteiger partial charge in [0.05, 0.1) is 19.3 Å². The van der Waals surface area contributed by atoms with Crippen molar-refractivity contribution in [3.8, 4) is 0 Å². The Bertz CT molecular complexity index is 1140. The lowest BCUT2D eigenvalue weighted by molar-refractivity contribution is -0.117. The van der Waals surface area contributed by atoms with E-state index in [0.717, 1.165) is 16.8 Å². The highest BCUT2D eigenvalue weighted by atomic mass is 16.6. The van der Waals surface area contributed by atoms with E-state index in [0.29, 0.717) is 25.2 Å². The summed E-state index contributed by atoms with van der Waals surface area (Å²) in [6, 6.07) is 14.6. The number of benzene rings is 2. The fourth-order valence-corrected chi connectivity index (χ4v) is 3.64. The number of allylic oxidation sites excluding steroid dienone is 1. The summed E-state index contributed by atoms with van der Waals surface area (Å²) >= 11 is 0. The van der Waals surface area contributed by atoms with Crippen LogP contribution in [0.25, 0.3) is 6.08 Å². The lowest BCUT2D eigenvalue weighted by atomic mass is 10.1. The van der Waals surface area contributed by atoms with Crippen LogP contribution in [0.15, 0.2) is 72.0 Å². The molecule has 0 aromatic heterocycles. The molecular formula is C25H24N4O5. The molecule has 34 heavy (non-hydrogen) atoms. The number of nitrogens with zero attached hydrogens (tertiary/aromatic N) is 3. The van der Waals surface area contributed by atoms with E-state index in [1.165, 1.54) is 17.2 Å². The normalized spacial score (nSPS) is 18.2. The molecule has 9 heteroatoms. The second kappa shape index (κ2) is 10.5. The van der Waals surface area contributed by atoms with Gasteiger partial charge in [-0.05, 0) is 47.5 Å². The number of oxime groups is 1. The van der Waals surface area contributed by atoms with E-state index < -0.39 is 12.2 Å². The first-order valence-corrected chi connectivity index (χ1v) is 10.8. The molecule has 1 atom stereocenters. The van der Waals surface area contributed by atoms with Crippen molar-refractivity contribution in [3.05, 3.63) is 78.0 Å². The molecule has 0 radical (unpaired) electrons. The molecule has 2 aliphatic heterocycles. The molecule has 174 valence electrons. The lowest BCUT2D eigenvalue weighted by Gasteiger charge is -2.23. The summed E-state index contributed by atoms with van der Waals surface area (Å²) < 4.78 is 5.39. The van der Waals surface area contributed by atoms with Gasteiger partial charge in [-0.3, -0.25) is 14.5 Å². The van der Waals surface area contributed by atoms with Gasteiger partial charge in [-0.15, -0.1) is 0 Å². The minimum absolute atomic E-state index is 0.115. The molecule has 1 fully saturated rings. The van der Waals surface area contributed by atoms with E-state index in [1.807, 2.05) is 29.2 Å². The fourth-order valence-electron chi connectivity index (χ4n) is 3.64. The number of amides is 2. The first kappa shape index (κ1) is 22.8. The molecule has 0 bridgehead atoms. The summed E-state index contributed by atoms with van der Waals surface area (Å²) in [5.74, 6) is -0.183. The zero-order valence-electron chi connectivity index (χ0n) is 18.3. The summed E-state index contributed by atoms with van der Waals surface area (Å²) in [4.78, 5) is 39.3. The second-order valence-electron chi connectivity index (χ2n) is 7.85. The maximum absolute atomic E-state index is 12.3. The van der Waals surface area contributed by atoms with Crippen LogP contribution >= 0.6 is 0 Å². The average Bonchev–Trinajstić information content (AvgIpc) is 3.23. The average molecular weight is 460 g/mol. The van der Waals surface area contributed by atoms with Gasteiger partial charge in [-0.25, -0.2) is 4.79 Å². The molecule has 4 rings (SSSR count). The van der Waals surface area contributed by atoms with Crippen LogP contribution in [0.5, 0.6) is 0 Å². The van der Waals surface area contributed by atoms with E-state index in [4.69, 9.17) is 9.94 Å². The van der Waals surface area contributed by atoms with Crippen LogP contribution in [0.2, 0.25) is 0 Å². The number of rotatable bonds is 7. The molecule has 0 unspecified atom stereocenters. The number of hydrogen-bond acceptors (Lipinski definition) is 7. The van der Waals surface area contributed by atoms with Crippen LogP contribution < -0.4 is 15.1 Å². The Labute approximate surface area is 196 Å². The summed E-state index contributed by atoms with van der Waals surface area (Å²) in [6.45, 7) is 1.15. The first-order valence-electron chi connectivity index (χ1n) is 10.8. The van der Waals surface area contributed by atoms with Crippen LogP contribution in [0.4, 0.5) is 16.2 Å². The van der Waals surface area contributed by atoms with Gasteiger partial charge in [0.2, 0.25) is 5.91 Å². The largest absolute Gasteiger partial charge is 0.442 e. The van der Waals surface area contributed by atoms with Crippen molar-refractivity contribution in [3.63, 3.8) is 0 Å². The van der Waals surface area contributed by atoms with E-state index in [2.05, 4.69) is 10.5 Å². The molecule has 0 saturated carbocycles. The van der Waals surface area contributed by atoms with E-state index in [-0.39, 0.29) is 18.2 Å². The zero-order valence-corrected chi connectivity index (χ0v) is 18.3. The Morgan fingerprint density at radius 3 is 2.47 bits per heavy atom. The standard InChI is InChI=1S/C25H24N4O5/c30-22-11-13-28(14-12-22)20-6-8-21(9-7-20)29-17-23(34-25(29)32)16-26-24(31)10-5-18-1-3-19(4-2-18)15-27-33/h1-11,13,15,23,33H,12,14,16-17H2,(H,26,31)/b10-5+,27-15+/t23-/m0/s1. The molecule has 1 saturated heterocycles. The van der Waals surface area contributed by atoms with Crippen molar-refractivity contribution >= 4 is 41.4 Å². The van der Waals surface area contributed by atoms with Crippen LogP contribution in [-0.4, -0.2) is 54.9 Å². The van der Waals surface area contributed by atoms with Crippen molar-refractivity contribution < 1.29 is 24.3 Å². The van der Waals surface area contributed by atoms with Crippen LogP contribution in [0, 0.1) is 0 Å². The minimum atomic E-state index is -0.461. The van der Waals surface area contributed by atoms with Gasteiger partial charge < -0.3 is 20.2 Å². The maximum atomic E-state index is 12.3. The Morgan fingerprint density at radius 1 is 1.09 bits per heavy atom. The van der Waals surface area contributed by atoms with Crippen molar-refractivity contribution in [2.75, 3.05) is 29.4 Å². The van der Waals surface area contributed by atoms with Gasteiger partial charge in [0.15, 0.2) is 5.78 Å². The predicted molar refractivity (Wildman–Crippen MR) is 128 cm³/mol. The molecule has 2 aliphatic rings. The fraction of sp³-hybridized carbons (Fsp3) is 0.200. The highest BCUT2D eigenvalue weighted by Crippen LogP contribution is 2.26. The Morgan fingerprint density at radius 2 is 1.79 bits per heavy atom. The Kier molecular flexibility index (Phi) is 7.02. The number of hydrogen-bond donors (Lipinski definition) is 2. The van der Waals surface area contributed by atoms with E-state index in [9.17, 15) is 14.4 Å². The first-order chi connectivity index (χ1) is 16.5. The van der Waals surface area contributed by atoms with E-state index in [1.54, 1.807) is 42.6 Å². The molecule has 2 amide bonds. The van der Waals surface area contributed by atoms with Crippen molar-refractivity contribution in [2.45, 2.75) is 12.5 Å². The molecule has 2 N–H and O–H groups in total. The Balaban J connectivity index is 1.27. The predicted octanol–water partition coefficient (Wildman–Crippen LogP) is 2.94. The molecule has 9 nitrogen and oxygen atoms in total. The van der Waals surface area contributed by atoms with Crippen LogP contribution in [0.3, 0.4) is 0 Å². The highest BCUT2D eigenvalue weighted by Gasteiger charge is 2.32. The summed E-state index contributed by atoms with van der Waals surface area (Å²) in [7, 11) is 0. The number of anilines is 2. The SMILES string of the molecule is O=C1C=CN(c2ccc(N3C[C@H](CNC(=O)/C=C/c4ccc(/C=N/O)cc4)OC3=O)cc2)CC1. The number of carbonyl (C=O) groups is 3. The lowest BCUT2D eigenvalue weighted by Crippen LogP contribution is -2.33. The van der Waals surface area contributed by atoms with Crippen molar-refractivity contribution in [2.24, 2.45) is 5.16 Å². The van der Waals surface area contributed by atoms with Crippen LogP contribution in [0.1, 0.15) is 17.5 Å². The molecule has 2 heterocycles. The number of nitrogens with one attached hydrogen (secondary N) is 1. The summed E-state index contributed by atoms with van der Waals surface area (Å²) in [5.41, 5.74) is 3.20. The smallest absolute Gasteiger partial charge is 0.414 e. The minimum Gasteiger partial charge on any atom is -0.442 e. The van der Waals surface area contributed by atoms with Crippen LogP contribution in [-0.2, 0) is 14.3 Å². The monoisotopic (exact) mass is 460 g/mol. The Hall–Kier alpha value is -4.40. The number of cyclic esters (lactones) is 1. The molecule has 2 aromatic carbocycles. The topological polar surface area (TPSA) is 112 Å². The van der Waals surface area contributed by atoms with Gasteiger partial charge in [0, 0.05) is 36.6 Å². The highest BCUT2D eigenvalue weighted by molar-refractivity contribution is 5.93. The number of ketones is 1. The van der Waals surface area contributed by atoms with E-state index >= 15 is 0 Å². The van der Waals surface area contributed by atoms with Gasteiger partial charge in [-0.2, -0.15) is 0 Å². The molecular weight excluding hydrogens is 436 g/mol. The summed E-state index contributed by atoms with van der Waals surface area (Å²) in [6.07, 6.45) is 7.27. The van der Waals surface area contributed by atoms with Gasteiger partial charge in [0.1, 0.15) is 6.10 Å². The van der Waals surface area contributed by atoms with Gasteiger partial charge in [-0.1, -0.05) is 29.4 Å². The third-order valence-corrected chi connectivity index (χ3v) is 5.48.